The van der Waals surface area contributed by atoms with Crippen LogP contribution in [0.15, 0.2) is 12.4 Å². The fourth-order valence-corrected chi connectivity index (χ4v) is 4.30. The molecule has 3 rings (SSSR count). The zero-order valence-electron chi connectivity index (χ0n) is 16.6. The summed E-state index contributed by atoms with van der Waals surface area (Å²) in [6, 6.07) is 0. The third kappa shape index (κ3) is 5.79. The molecular formula is C20H32ClN5O. The highest BCUT2D eigenvalue weighted by Gasteiger charge is 2.30. The van der Waals surface area contributed by atoms with Crippen molar-refractivity contribution in [1.82, 2.24) is 19.8 Å². The van der Waals surface area contributed by atoms with Crippen LogP contribution in [0.1, 0.15) is 38.5 Å². The van der Waals surface area contributed by atoms with Crippen LogP contribution < -0.4 is 4.90 Å². The van der Waals surface area contributed by atoms with E-state index in [4.69, 9.17) is 11.6 Å². The Morgan fingerprint density at radius 3 is 2.56 bits per heavy atom. The Morgan fingerprint density at radius 1 is 1.15 bits per heavy atom. The predicted octanol–water partition coefficient (Wildman–Crippen LogP) is 2.93. The molecule has 1 amide bonds. The van der Waals surface area contributed by atoms with Gasteiger partial charge in [0.05, 0.1) is 17.4 Å². The van der Waals surface area contributed by atoms with Crippen LogP contribution in [0.25, 0.3) is 0 Å². The third-order valence-corrected chi connectivity index (χ3v) is 6.24. The van der Waals surface area contributed by atoms with E-state index in [1.54, 1.807) is 12.4 Å². The van der Waals surface area contributed by atoms with E-state index < -0.39 is 0 Å². The Hall–Kier alpha value is -1.40. The van der Waals surface area contributed by atoms with Crippen LogP contribution in [-0.4, -0.2) is 72.5 Å². The van der Waals surface area contributed by atoms with Gasteiger partial charge in [0.1, 0.15) is 0 Å². The molecule has 0 spiro atoms. The van der Waals surface area contributed by atoms with Crippen molar-refractivity contribution in [2.24, 2.45) is 11.8 Å². The Bertz CT molecular complexity index is 603. The molecule has 2 aliphatic rings. The van der Waals surface area contributed by atoms with Gasteiger partial charge in [-0.3, -0.25) is 4.79 Å². The van der Waals surface area contributed by atoms with E-state index in [2.05, 4.69) is 31.7 Å². The van der Waals surface area contributed by atoms with Crippen molar-refractivity contribution in [2.75, 3.05) is 51.7 Å². The number of amides is 1. The van der Waals surface area contributed by atoms with Gasteiger partial charge in [0.15, 0.2) is 0 Å². The molecule has 1 saturated carbocycles. The van der Waals surface area contributed by atoms with Crippen molar-refractivity contribution in [2.45, 2.75) is 38.5 Å². The van der Waals surface area contributed by atoms with Gasteiger partial charge in [-0.1, -0.05) is 11.6 Å². The smallest absolute Gasteiger partial charge is 0.225 e. The van der Waals surface area contributed by atoms with Crippen LogP contribution in [0.2, 0.25) is 5.02 Å². The van der Waals surface area contributed by atoms with Gasteiger partial charge in [0.2, 0.25) is 11.9 Å². The first kappa shape index (κ1) is 20.3. The molecular weight excluding hydrogens is 362 g/mol. The monoisotopic (exact) mass is 393 g/mol. The van der Waals surface area contributed by atoms with Crippen LogP contribution in [0, 0.1) is 11.8 Å². The molecule has 7 heteroatoms. The van der Waals surface area contributed by atoms with Crippen LogP contribution in [0.3, 0.4) is 0 Å². The molecule has 150 valence electrons. The van der Waals surface area contributed by atoms with Gasteiger partial charge in [-0.2, -0.15) is 0 Å². The molecule has 6 nitrogen and oxygen atoms in total. The van der Waals surface area contributed by atoms with E-state index >= 15 is 0 Å². The largest absolute Gasteiger partial charge is 0.344 e. The standard InChI is InChI=1S/C20H32ClN5O/c1-24-9-3-10-26(13-12-24)19(27)17-6-4-16(5-7-17)8-11-25(2)20-22-14-18(21)15-23-20/h14-17H,3-13H2,1-2H3. The maximum Gasteiger partial charge on any atom is 0.225 e. The molecule has 1 aliphatic carbocycles. The van der Waals surface area contributed by atoms with Gasteiger partial charge < -0.3 is 14.7 Å². The Morgan fingerprint density at radius 2 is 1.85 bits per heavy atom. The maximum atomic E-state index is 12.9. The molecule has 0 N–H and O–H groups in total. The summed E-state index contributed by atoms with van der Waals surface area (Å²) in [5, 5.41) is 0.561. The average Bonchev–Trinajstić information content (AvgIpc) is 2.91. The Labute approximate surface area is 167 Å². The molecule has 1 aromatic rings. The second-order valence-corrected chi connectivity index (χ2v) is 8.55. The predicted molar refractivity (Wildman–Crippen MR) is 109 cm³/mol. The van der Waals surface area contributed by atoms with Gasteiger partial charge in [-0.05, 0) is 58.0 Å². The number of carbonyl (C=O) groups excluding carboxylic acids is 1. The fraction of sp³-hybridized carbons (Fsp3) is 0.750. The van der Waals surface area contributed by atoms with Crippen molar-refractivity contribution >= 4 is 23.5 Å². The van der Waals surface area contributed by atoms with E-state index in [0.29, 0.717) is 16.8 Å². The zero-order valence-corrected chi connectivity index (χ0v) is 17.4. The molecule has 2 fully saturated rings. The SMILES string of the molecule is CN1CCCN(C(=O)C2CCC(CCN(C)c3ncc(Cl)cn3)CC2)CC1. The average molecular weight is 394 g/mol. The molecule has 1 saturated heterocycles. The highest BCUT2D eigenvalue weighted by atomic mass is 35.5. The lowest BCUT2D eigenvalue weighted by Crippen LogP contribution is -2.40. The molecule has 1 aromatic heterocycles. The molecule has 0 bridgehead atoms. The lowest BCUT2D eigenvalue weighted by atomic mass is 9.80. The summed E-state index contributed by atoms with van der Waals surface area (Å²) >= 11 is 5.85. The summed E-state index contributed by atoms with van der Waals surface area (Å²) in [4.78, 5) is 27.9. The number of aromatic nitrogens is 2. The summed E-state index contributed by atoms with van der Waals surface area (Å²) in [6.07, 6.45) is 9.87. The van der Waals surface area contributed by atoms with E-state index in [0.717, 1.165) is 77.2 Å². The third-order valence-electron chi connectivity index (χ3n) is 6.05. The highest BCUT2D eigenvalue weighted by molar-refractivity contribution is 6.30. The zero-order chi connectivity index (χ0) is 19.2. The van der Waals surface area contributed by atoms with Crippen LogP contribution in [-0.2, 0) is 4.79 Å². The van der Waals surface area contributed by atoms with Gasteiger partial charge in [0.25, 0.3) is 0 Å². The number of nitrogens with zero attached hydrogens (tertiary/aromatic N) is 5. The van der Waals surface area contributed by atoms with Crippen molar-refractivity contribution in [3.8, 4) is 0 Å². The molecule has 0 radical (unpaired) electrons. The Balaban J connectivity index is 1.40. The summed E-state index contributed by atoms with van der Waals surface area (Å²) in [5.74, 6) is 2.05. The number of halogens is 1. The minimum absolute atomic E-state index is 0.238. The molecule has 27 heavy (non-hydrogen) atoms. The molecule has 0 unspecified atom stereocenters. The number of carbonyl (C=O) groups is 1. The fourth-order valence-electron chi connectivity index (χ4n) is 4.20. The van der Waals surface area contributed by atoms with Crippen molar-refractivity contribution in [3.63, 3.8) is 0 Å². The number of likely N-dealkylation sites (N-methyl/N-ethyl adjacent to an activating group) is 1. The quantitative estimate of drug-likeness (QED) is 0.769. The van der Waals surface area contributed by atoms with Crippen molar-refractivity contribution in [3.05, 3.63) is 17.4 Å². The first-order valence-electron chi connectivity index (χ1n) is 10.2. The van der Waals surface area contributed by atoms with Gasteiger partial charge in [0, 0.05) is 39.1 Å². The van der Waals surface area contributed by atoms with E-state index in [1.165, 1.54) is 0 Å². The van der Waals surface area contributed by atoms with Crippen molar-refractivity contribution < 1.29 is 4.79 Å². The minimum Gasteiger partial charge on any atom is -0.344 e. The number of hydrogen-bond donors (Lipinski definition) is 0. The lowest BCUT2D eigenvalue weighted by Gasteiger charge is -2.32. The minimum atomic E-state index is 0.238. The lowest BCUT2D eigenvalue weighted by molar-refractivity contribution is -0.136. The number of rotatable bonds is 5. The molecule has 0 aromatic carbocycles. The highest BCUT2D eigenvalue weighted by Crippen LogP contribution is 2.32. The second-order valence-electron chi connectivity index (χ2n) is 8.11. The summed E-state index contributed by atoms with van der Waals surface area (Å²) < 4.78 is 0. The Kier molecular flexibility index (Phi) is 7.30. The number of hydrogen-bond acceptors (Lipinski definition) is 5. The van der Waals surface area contributed by atoms with Crippen molar-refractivity contribution in [1.29, 1.82) is 0 Å². The van der Waals surface area contributed by atoms with E-state index in [1.807, 2.05) is 7.05 Å². The summed E-state index contributed by atoms with van der Waals surface area (Å²) in [5.41, 5.74) is 0. The maximum absolute atomic E-state index is 12.9. The molecule has 2 heterocycles. The molecule has 0 atom stereocenters. The van der Waals surface area contributed by atoms with E-state index in [-0.39, 0.29) is 5.92 Å². The van der Waals surface area contributed by atoms with Gasteiger partial charge in [-0.15, -0.1) is 0 Å². The van der Waals surface area contributed by atoms with E-state index in [9.17, 15) is 4.79 Å². The second kappa shape index (κ2) is 9.69. The van der Waals surface area contributed by atoms with Gasteiger partial charge >= 0.3 is 0 Å². The topological polar surface area (TPSA) is 52.6 Å². The summed E-state index contributed by atoms with van der Waals surface area (Å²) in [7, 11) is 4.17. The van der Waals surface area contributed by atoms with Crippen LogP contribution in [0.4, 0.5) is 5.95 Å². The first-order valence-corrected chi connectivity index (χ1v) is 10.6. The van der Waals surface area contributed by atoms with Gasteiger partial charge in [-0.25, -0.2) is 9.97 Å². The summed E-state index contributed by atoms with van der Waals surface area (Å²) in [6.45, 7) is 4.85. The van der Waals surface area contributed by atoms with Crippen LogP contribution >= 0.6 is 11.6 Å². The molecule has 1 aliphatic heterocycles. The van der Waals surface area contributed by atoms with Crippen LogP contribution in [0.5, 0.6) is 0 Å². The normalized spacial score (nSPS) is 24.5. The number of anilines is 1. The first-order chi connectivity index (χ1) is 13.0.